The molecule has 0 radical (unpaired) electrons. The fourth-order valence-electron chi connectivity index (χ4n) is 3.36. The van der Waals surface area contributed by atoms with Crippen LogP contribution in [0, 0.1) is 5.82 Å². The Morgan fingerprint density at radius 3 is 2.43 bits per heavy atom. The van der Waals surface area contributed by atoms with Crippen LogP contribution in [0.25, 0.3) is 0 Å². The van der Waals surface area contributed by atoms with E-state index in [2.05, 4.69) is 32.7 Å². The van der Waals surface area contributed by atoms with Gasteiger partial charge in [0.1, 0.15) is 5.82 Å². The van der Waals surface area contributed by atoms with Crippen LogP contribution >= 0.6 is 24.0 Å². The number of carbonyl (C=O) groups excluding carboxylic acids is 1. The van der Waals surface area contributed by atoms with Crippen molar-refractivity contribution >= 4 is 41.5 Å². The molecule has 1 saturated heterocycles. The third-order valence-corrected chi connectivity index (χ3v) is 4.98. The fraction of sp³-hybridized carbons (Fsp3) is 0.364. The molecule has 1 fully saturated rings. The van der Waals surface area contributed by atoms with Gasteiger partial charge < -0.3 is 20.4 Å². The maximum absolute atomic E-state index is 13.2. The number of hydrogen-bond acceptors (Lipinski definition) is 3. The highest BCUT2D eigenvalue weighted by Gasteiger charge is 2.21. The largest absolute Gasteiger partial charge is 0.368 e. The SMILES string of the molecule is CN=C(NCCc1cccc(F)c1)NCC(=O)N1CCN(c2ccccc2)CC1.I. The Hall–Kier alpha value is -2.36. The molecule has 1 aliphatic heterocycles. The van der Waals surface area contributed by atoms with Crippen molar-refractivity contribution in [2.45, 2.75) is 6.42 Å². The highest BCUT2D eigenvalue weighted by molar-refractivity contribution is 14.0. The summed E-state index contributed by atoms with van der Waals surface area (Å²) < 4.78 is 13.2. The van der Waals surface area contributed by atoms with Gasteiger partial charge >= 0.3 is 0 Å². The number of nitrogens with one attached hydrogen (secondary N) is 2. The lowest BCUT2D eigenvalue weighted by Gasteiger charge is -2.36. The highest BCUT2D eigenvalue weighted by atomic mass is 127. The molecule has 0 saturated carbocycles. The van der Waals surface area contributed by atoms with Crippen LogP contribution in [-0.2, 0) is 11.2 Å². The van der Waals surface area contributed by atoms with Crippen molar-refractivity contribution in [3.05, 3.63) is 66.0 Å². The monoisotopic (exact) mass is 525 g/mol. The van der Waals surface area contributed by atoms with Gasteiger partial charge in [-0.1, -0.05) is 30.3 Å². The maximum atomic E-state index is 13.2. The van der Waals surface area contributed by atoms with Gasteiger partial charge in [-0.2, -0.15) is 0 Å². The van der Waals surface area contributed by atoms with Crippen molar-refractivity contribution in [2.75, 3.05) is 51.2 Å². The van der Waals surface area contributed by atoms with Crippen molar-refractivity contribution in [2.24, 2.45) is 4.99 Å². The number of hydrogen-bond donors (Lipinski definition) is 2. The minimum absolute atomic E-state index is 0. The lowest BCUT2D eigenvalue weighted by Crippen LogP contribution is -2.52. The molecule has 0 unspecified atom stereocenters. The topological polar surface area (TPSA) is 60.0 Å². The number of anilines is 1. The van der Waals surface area contributed by atoms with E-state index >= 15 is 0 Å². The van der Waals surface area contributed by atoms with Gasteiger partial charge in [-0.15, -0.1) is 24.0 Å². The van der Waals surface area contributed by atoms with Crippen LogP contribution in [0.1, 0.15) is 5.56 Å². The predicted molar refractivity (Wildman–Crippen MR) is 130 cm³/mol. The number of halogens is 2. The molecule has 3 rings (SSSR count). The molecule has 1 heterocycles. The molecule has 30 heavy (non-hydrogen) atoms. The Balaban J connectivity index is 0.00000320. The Morgan fingerprint density at radius 2 is 1.77 bits per heavy atom. The molecule has 162 valence electrons. The van der Waals surface area contributed by atoms with Gasteiger partial charge in [-0.3, -0.25) is 9.79 Å². The number of amides is 1. The molecule has 0 spiro atoms. The molecule has 2 aromatic carbocycles. The molecule has 0 bridgehead atoms. The van der Waals surface area contributed by atoms with Crippen molar-refractivity contribution in [3.63, 3.8) is 0 Å². The predicted octanol–water partition coefficient (Wildman–Crippen LogP) is 2.50. The van der Waals surface area contributed by atoms with E-state index < -0.39 is 0 Å². The number of para-hydroxylation sites is 1. The van der Waals surface area contributed by atoms with Crippen LogP contribution in [0.3, 0.4) is 0 Å². The van der Waals surface area contributed by atoms with Crippen molar-refractivity contribution < 1.29 is 9.18 Å². The van der Waals surface area contributed by atoms with Gasteiger partial charge in [0, 0.05) is 45.5 Å². The molecule has 1 amide bonds. The van der Waals surface area contributed by atoms with Gasteiger partial charge in [0.05, 0.1) is 6.54 Å². The number of guanidine groups is 1. The summed E-state index contributed by atoms with van der Waals surface area (Å²) in [5.74, 6) is 0.395. The molecule has 2 aromatic rings. The summed E-state index contributed by atoms with van der Waals surface area (Å²) in [6.07, 6.45) is 0.674. The molecule has 0 atom stereocenters. The van der Waals surface area contributed by atoms with Crippen molar-refractivity contribution in [1.82, 2.24) is 15.5 Å². The van der Waals surface area contributed by atoms with E-state index in [4.69, 9.17) is 0 Å². The van der Waals surface area contributed by atoms with Crippen LogP contribution < -0.4 is 15.5 Å². The van der Waals surface area contributed by atoms with Gasteiger partial charge in [0.25, 0.3) is 0 Å². The van der Waals surface area contributed by atoms with Gasteiger partial charge in [-0.05, 0) is 36.2 Å². The Kier molecular flexibility index (Phi) is 9.85. The van der Waals surface area contributed by atoms with Gasteiger partial charge in [0.2, 0.25) is 5.91 Å². The van der Waals surface area contributed by atoms with E-state index in [9.17, 15) is 9.18 Å². The van der Waals surface area contributed by atoms with Crippen LogP contribution in [0.5, 0.6) is 0 Å². The zero-order chi connectivity index (χ0) is 20.5. The zero-order valence-corrected chi connectivity index (χ0v) is 19.5. The van der Waals surface area contributed by atoms with Crippen LogP contribution in [0.4, 0.5) is 10.1 Å². The number of rotatable bonds is 6. The second-order valence-corrected chi connectivity index (χ2v) is 6.94. The summed E-state index contributed by atoms with van der Waals surface area (Å²) in [5.41, 5.74) is 2.11. The van der Waals surface area contributed by atoms with E-state index in [1.54, 1.807) is 13.1 Å². The van der Waals surface area contributed by atoms with Crippen molar-refractivity contribution in [3.8, 4) is 0 Å². The van der Waals surface area contributed by atoms with Crippen LogP contribution in [-0.4, -0.2) is 63.1 Å². The first-order valence-corrected chi connectivity index (χ1v) is 9.92. The third-order valence-electron chi connectivity index (χ3n) is 4.98. The van der Waals surface area contributed by atoms with Gasteiger partial charge in [0.15, 0.2) is 5.96 Å². The summed E-state index contributed by atoms with van der Waals surface area (Å²) in [6, 6.07) is 16.8. The summed E-state index contributed by atoms with van der Waals surface area (Å²) in [7, 11) is 1.67. The Labute approximate surface area is 194 Å². The maximum Gasteiger partial charge on any atom is 0.242 e. The molecule has 0 aromatic heterocycles. The molecule has 6 nitrogen and oxygen atoms in total. The summed E-state index contributed by atoms with van der Waals surface area (Å²) >= 11 is 0. The molecule has 2 N–H and O–H groups in total. The van der Waals surface area contributed by atoms with E-state index in [0.717, 1.165) is 18.7 Å². The first-order chi connectivity index (χ1) is 14.2. The fourth-order valence-corrected chi connectivity index (χ4v) is 3.36. The summed E-state index contributed by atoms with van der Waals surface area (Å²) in [6.45, 7) is 3.88. The molecule has 8 heteroatoms. The first-order valence-electron chi connectivity index (χ1n) is 9.92. The second-order valence-electron chi connectivity index (χ2n) is 6.94. The lowest BCUT2D eigenvalue weighted by atomic mass is 10.1. The van der Waals surface area contributed by atoms with E-state index in [0.29, 0.717) is 32.0 Å². The average molecular weight is 525 g/mol. The number of benzene rings is 2. The standard InChI is InChI=1S/C22H28FN5O.HI/c1-24-22(25-11-10-18-6-5-7-19(23)16-18)26-17-21(29)28-14-12-27(13-15-28)20-8-3-2-4-9-20;/h2-9,16H,10-15,17H2,1H3,(H2,24,25,26);1H. The summed E-state index contributed by atoms with van der Waals surface area (Å²) in [5, 5.41) is 6.23. The van der Waals surface area contributed by atoms with E-state index in [1.165, 1.54) is 17.8 Å². The van der Waals surface area contributed by atoms with E-state index in [1.807, 2.05) is 29.2 Å². The smallest absolute Gasteiger partial charge is 0.242 e. The minimum Gasteiger partial charge on any atom is -0.368 e. The quantitative estimate of drug-likeness (QED) is 0.346. The van der Waals surface area contributed by atoms with Gasteiger partial charge in [-0.25, -0.2) is 4.39 Å². The van der Waals surface area contributed by atoms with Crippen LogP contribution in [0.2, 0.25) is 0 Å². The zero-order valence-electron chi connectivity index (χ0n) is 17.2. The highest BCUT2D eigenvalue weighted by Crippen LogP contribution is 2.15. The second kappa shape index (κ2) is 12.4. The molecule has 1 aliphatic rings. The number of nitrogens with zero attached hydrogens (tertiary/aromatic N) is 3. The lowest BCUT2D eigenvalue weighted by molar-refractivity contribution is -0.130. The Bertz CT molecular complexity index is 825. The van der Waals surface area contributed by atoms with E-state index in [-0.39, 0.29) is 42.2 Å². The minimum atomic E-state index is -0.233. The normalized spacial score (nSPS) is 14.1. The molecule has 0 aliphatic carbocycles. The van der Waals surface area contributed by atoms with Crippen LogP contribution in [0.15, 0.2) is 59.6 Å². The summed E-state index contributed by atoms with van der Waals surface area (Å²) in [4.78, 5) is 20.8. The number of carbonyl (C=O) groups is 1. The average Bonchev–Trinajstić information content (AvgIpc) is 2.76. The first kappa shape index (κ1) is 23.9. The number of aliphatic imine (C=N–C) groups is 1. The molecular formula is C22H29FIN5O. The Morgan fingerprint density at radius 1 is 1.03 bits per heavy atom. The third kappa shape index (κ3) is 7.16. The van der Waals surface area contributed by atoms with Crippen molar-refractivity contribution in [1.29, 1.82) is 0 Å². The number of piperazine rings is 1. The molecular weight excluding hydrogens is 496 g/mol.